The second-order valence-corrected chi connectivity index (χ2v) is 3.56. The van der Waals surface area contributed by atoms with Crippen molar-refractivity contribution in [3.05, 3.63) is 40.0 Å². The molecule has 1 aromatic rings. The van der Waals surface area contributed by atoms with Crippen LogP contribution in [0.3, 0.4) is 0 Å². The molecule has 0 unspecified atom stereocenters. The van der Waals surface area contributed by atoms with E-state index < -0.39 is 6.10 Å². The maximum Gasteiger partial charge on any atom is 0.339 e. The van der Waals surface area contributed by atoms with E-state index >= 15 is 0 Å². The van der Waals surface area contributed by atoms with Crippen molar-refractivity contribution in [3.63, 3.8) is 0 Å². The molecule has 1 N–H and O–H groups in total. The second-order valence-electron chi connectivity index (χ2n) is 3.56. The highest BCUT2D eigenvalue weighted by Crippen LogP contribution is 2.13. The van der Waals surface area contributed by atoms with Gasteiger partial charge in [0.1, 0.15) is 5.76 Å². The zero-order chi connectivity index (χ0) is 11.4. The molecule has 1 rings (SSSR count). The van der Waals surface area contributed by atoms with Gasteiger partial charge in [0, 0.05) is 5.56 Å². The Morgan fingerprint density at radius 3 is 2.73 bits per heavy atom. The van der Waals surface area contributed by atoms with Gasteiger partial charge in [-0.3, -0.25) is 0 Å². The molecule has 0 aliphatic heterocycles. The van der Waals surface area contributed by atoms with Crippen LogP contribution >= 0.6 is 0 Å². The van der Waals surface area contributed by atoms with Crippen LogP contribution < -0.4 is 5.63 Å². The zero-order valence-electron chi connectivity index (χ0n) is 9.28. The van der Waals surface area contributed by atoms with Gasteiger partial charge in [0.15, 0.2) is 0 Å². The van der Waals surface area contributed by atoms with E-state index in [1.165, 1.54) is 0 Å². The van der Waals surface area contributed by atoms with Gasteiger partial charge in [0.05, 0.1) is 6.10 Å². The number of rotatable bonds is 3. The Morgan fingerprint density at radius 1 is 1.60 bits per heavy atom. The third kappa shape index (κ3) is 3.06. The summed E-state index contributed by atoms with van der Waals surface area (Å²) in [5.74, 6) is 0.512. The molecule has 1 aromatic heterocycles. The van der Waals surface area contributed by atoms with E-state index in [9.17, 15) is 4.79 Å². The van der Waals surface area contributed by atoms with Crippen LogP contribution in [0.4, 0.5) is 0 Å². The van der Waals surface area contributed by atoms with E-state index in [1.807, 2.05) is 6.92 Å². The molecule has 0 saturated heterocycles. The maximum atomic E-state index is 11.4. The van der Waals surface area contributed by atoms with Gasteiger partial charge in [0.25, 0.3) is 0 Å². The summed E-state index contributed by atoms with van der Waals surface area (Å²) in [6.45, 7) is 5.36. The highest BCUT2D eigenvalue weighted by molar-refractivity contribution is 5.59. The van der Waals surface area contributed by atoms with Gasteiger partial charge < -0.3 is 9.52 Å². The first-order valence-electron chi connectivity index (χ1n) is 5.04. The second kappa shape index (κ2) is 4.94. The van der Waals surface area contributed by atoms with Crippen LogP contribution in [0, 0.1) is 0 Å². The highest BCUT2D eigenvalue weighted by atomic mass is 16.4. The third-order valence-corrected chi connectivity index (χ3v) is 2.16. The molecule has 0 fully saturated rings. The van der Waals surface area contributed by atoms with Gasteiger partial charge in [-0.1, -0.05) is 6.92 Å². The number of aryl methyl sites for hydroxylation is 1. The van der Waals surface area contributed by atoms with Crippen LogP contribution in [-0.4, -0.2) is 11.2 Å². The minimum absolute atomic E-state index is 0.298. The molecular formula is C12H16O3. The van der Waals surface area contributed by atoms with E-state index in [4.69, 9.17) is 9.52 Å². The van der Waals surface area contributed by atoms with E-state index in [0.29, 0.717) is 17.7 Å². The van der Waals surface area contributed by atoms with Crippen molar-refractivity contribution in [2.75, 3.05) is 0 Å². The fourth-order valence-electron chi connectivity index (χ4n) is 1.36. The van der Waals surface area contributed by atoms with Crippen LogP contribution in [-0.2, 0) is 6.42 Å². The molecule has 1 atom stereocenters. The fourth-order valence-corrected chi connectivity index (χ4v) is 1.36. The predicted octanol–water partition coefficient (Wildman–Crippen LogP) is 1.99. The van der Waals surface area contributed by atoms with Crippen LogP contribution in [0.2, 0.25) is 0 Å². The molecule has 0 aliphatic carbocycles. The van der Waals surface area contributed by atoms with Crippen LogP contribution in [0.15, 0.2) is 27.4 Å². The molecule has 3 heteroatoms. The highest BCUT2D eigenvalue weighted by Gasteiger charge is 2.04. The number of hydrogen-bond donors (Lipinski definition) is 1. The summed E-state index contributed by atoms with van der Waals surface area (Å²) in [6.07, 6.45) is 1.77. The standard InChI is InChI=1S/C12H16O3/c1-4-10-5-6-11(15-12(10)14)8(2)7-9(3)13/h5-7,9,13H,4H2,1-3H3/t9-/m0/s1. The molecule has 0 aliphatic rings. The third-order valence-electron chi connectivity index (χ3n) is 2.16. The Hall–Kier alpha value is -1.35. The van der Waals surface area contributed by atoms with Crippen molar-refractivity contribution < 1.29 is 9.52 Å². The van der Waals surface area contributed by atoms with Crippen molar-refractivity contribution in [1.82, 2.24) is 0 Å². The number of aliphatic hydroxyl groups is 1. The van der Waals surface area contributed by atoms with Gasteiger partial charge in [0.2, 0.25) is 0 Å². The Labute approximate surface area is 89.1 Å². The zero-order valence-corrected chi connectivity index (χ0v) is 9.28. The predicted molar refractivity (Wildman–Crippen MR) is 59.7 cm³/mol. The molecule has 0 bridgehead atoms. The first-order chi connectivity index (χ1) is 7.04. The Kier molecular flexibility index (Phi) is 3.86. The quantitative estimate of drug-likeness (QED) is 0.826. The molecule has 0 saturated carbocycles. The van der Waals surface area contributed by atoms with Crippen LogP contribution in [0.1, 0.15) is 32.1 Å². The summed E-state index contributed by atoms with van der Waals surface area (Å²) in [5.41, 5.74) is 1.14. The maximum absolute atomic E-state index is 11.4. The molecule has 0 radical (unpaired) electrons. The average molecular weight is 208 g/mol. The van der Waals surface area contributed by atoms with E-state index in [2.05, 4.69) is 0 Å². The molecule has 15 heavy (non-hydrogen) atoms. The Balaban J connectivity index is 3.08. The first-order valence-corrected chi connectivity index (χ1v) is 5.04. The molecule has 0 amide bonds. The summed E-state index contributed by atoms with van der Waals surface area (Å²) in [7, 11) is 0. The normalized spacial score (nSPS) is 14.0. The SMILES string of the molecule is CCc1ccc(C(C)=C[C@H](C)O)oc1=O. The number of aliphatic hydroxyl groups excluding tert-OH is 1. The lowest BCUT2D eigenvalue weighted by atomic mass is 10.1. The lowest BCUT2D eigenvalue weighted by Gasteiger charge is -2.02. The minimum atomic E-state index is -0.541. The molecule has 0 aromatic carbocycles. The largest absolute Gasteiger partial charge is 0.423 e. The molecule has 82 valence electrons. The van der Waals surface area contributed by atoms with Crippen molar-refractivity contribution >= 4 is 5.57 Å². The van der Waals surface area contributed by atoms with E-state index in [0.717, 1.165) is 5.57 Å². The summed E-state index contributed by atoms with van der Waals surface area (Å²) in [5, 5.41) is 9.16. The fraction of sp³-hybridized carbons (Fsp3) is 0.417. The van der Waals surface area contributed by atoms with Crippen LogP contribution in [0.5, 0.6) is 0 Å². The van der Waals surface area contributed by atoms with E-state index in [-0.39, 0.29) is 5.63 Å². The van der Waals surface area contributed by atoms with Gasteiger partial charge in [-0.15, -0.1) is 0 Å². The summed E-state index contributed by atoms with van der Waals surface area (Å²) in [4.78, 5) is 11.4. The molecule has 3 nitrogen and oxygen atoms in total. The summed E-state index contributed by atoms with van der Waals surface area (Å²) in [6, 6.07) is 3.52. The molecule has 1 heterocycles. The van der Waals surface area contributed by atoms with Crippen molar-refractivity contribution in [1.29, 1.82) is 0 Å². The van der Waals surface area contributed by atoms with Crippen molar-refractivity contribution in [2.45, 2.75) is 33.3 Å². The van der Waals surface area contributed by atoms with Crippen molar-refractivity contribution in [2.24, 2.45) is 0 Å². The molecule has 0 spiro atoms. The number of allylic oxidation sites excluding steroid dienone is 1. The van der Waals surface area contributed by atoms with Crippen molar-refractivity contribution in [3.8, 4) is 0 Å². The van der Waals surface area contributed by atoms with Gasteiger partial charge in [-0.25, -0.2) is 4.79 Å². The van der Waals surface area contributed by atoms with Gasteiger partial charge >= 0.3 is 5.63 Å². The lowest BCUT2D eigenvalue weighted by Crippen LogP contribution is -2.07. The minimum Gasteiger partial charge on any atom is -0.423 e. The van der Waals surface area contributed by atoms with Gasteiger partial charge in [-0.05, 0) is 44.1 Å². The first kappa shape index (κ1) is 11.7. The number of hydrogen-bond acceptors (Lipinski definition) is 3. The monoisotopic (exact) mass is 208 g/mol. The van der Waals surface area contributed by atoms with Gasteiger partial charge in [-0.2, -0.15) is 0 Å². The summed E-state index contributed by atoms with van der Waals surface area (Å²) >= 11 is 0. The van der Waals surface area contributed by atoms with Crippen LogP contribution in [0.25, 0.3) is 5.57 Å². The van der Waals surface area contributed by atoms with E-state index in [1.54, 1.807) is 32.1 Å². The lowest BCUT2D eigenvalue weighted by molar-refractivity contribution is 0.244. The smallest absolute Gasteiger partial charge is 0.339 e. The Morgan fingerprint density at radius 2 is 2.27 bits per heavy atom. The molecular weight excluding hydrogens is 192 g/mol. The summed E-state index contributed by atoms with van der Waals surface area (Å²) < 4.78 is 5.13. The Bertz CT molecular complexity index is 413. The topological polar surface area (TPSA) is 50.4 Å². The average Bonchev–Trinajstić information content (AvgIpc) is 2.16.